The summed E-state index contributed by atoms with van der Waals surface area (Å²) in [5.41, 5.74) is 2.31. The third-order valence-corrected chi connectivity index (χ3v) is 7.38. The number of allylic oxidation sites excluding steroid dienone is 1. The summed E-state index contributed by atoms with van der Waals surface area (Å²) in [6, 6.07) is 10.9. The van der Waals surface area contributed by atoms with Crippen molar-refractivity contribution in [3.8, 4) is 0 Å². The van der Waals surface area contributed by atoms with E-state index in [1.165, 1.54) is 22.7 Å². The van der Waals surface area contributed by atoms with Crippen molar-refractivity contribution in [2.45, 2.75) is 25.7 Å². The van der Waals surface area contributed by atoms with E-state index in [9.17, 15) is 9.59 Å². The highest BCUT2D eigenvalue weighted by molar-refractivity contribution is 7.16. The van der Waals surface area contributed by atoms with E-state index in [1.807, 2.05) is 30.3 Å². The lowest BCUT2D eigenvalue weighted by molar-refractivity contribution is -0.116. The summed E-state index contributed by atoms with van der Waals surface area (Å²) in [7, 11) is 0. The summed E-state index contributed by atoms with van der Waals surface area (Å²) >= 11 is 2.70. The van der Waals surface area contributed by atoms with Gasteiger partial charge in [0.1, 0.15) is 10.0 Å². The molecule has 10 nitrogen and oxygen atoms in total. The predicted octanol–water partition coefficient (Wildman–Crippen LogP) is 3.43. The van der Waals surface area contributed by atoms with Gasteiger partial charge in [0, 0.05) is 30.2 Å². The van der Waals surface area contributed by atoms with Crippen molar-refractivity contribution in [3.63, 3.8) is 0 Å². The number of amides is 2. The molecule has 0 unspecified atom stereocenters. The molecule has 12 heteroatoms. The molecule has 0 bridgehead atoms. The molecule has 5 rings (SSSR count). The van der Waals surface area contributed by atoms with Crippen molar-refractivity contribution in [1.29, 1.82) is 0 Å². The van der Waals surface area contributed by atoms with Crippen molar-refractivity contribution in [3.05, 3.63) is 76.8 Å². The molecule has 182 valence electrons. The Morgan fingerprint density at radius 3 is 2.08 bits per heavy atom. The Hall–Kier alpha value is -3.90. The summed E-state index contributed by atoms with van der Waals surface area (Å²) in [5.74, 6) is 0.300. The van der Waals surface area contributed by atoms with Gasteiger partial charge in [-0.1, -0.05) is 41.4 Å². The molecule has 0 aromatic carbocycles. The lowest BCUT2D eigenvalue weighted by atomic mass is 10.1. The second-order valence-electron chi connectivity index (χ2n) is 8.34. The second-order valence-corrected chi connectivity index (χ2v) is 10.4. The van der Waals surface area contributed by atoms with Gasteiger partial charge in [0.2, 0.25) is 22.1 Å². The minimum absolute atomic E-state index is 0.173. The van der Waals surface area contributed by atoms with Crippen molar-refractivity contribution in [2.24, 2.45) is 11.8 Å². The molecule has 1 aliphatic rings. The number of rotatable bonds is 10. The quantitative estimate of drug-likeness (QED) is 0.326. The van der Waals surface area contributed by atoms with Crippen LogP contribution in [-0.2, 0) is 28.9 Å². The van der Waals surface area contributed by atoms with Crippen LogP contribution >= 0.6 is 22.7 Å². The van der Waals surface area contributed by atoms with Gasteiger partial charge in [-0.2, -0.15) is 0 Å². The maximum Gasteiger partial charge on any atom is 0.232 e. The van der Waals surface area contributed by atoms with E-state index in [1.54, 1.807) is 18.5 Å². The average molecular weight is 519 g/mol. The fourth-order valence-corrected chi connectivity index (χ4v) is 5.38. The zero-order valence-corrected chi connectivity index (χ0v) is 20.8. The van der Waals surface area contributed by atoms with Crippen LogP contribution in [0.4, 0.5) is 10.3 Å². The average Bonchev–Trinajstić information content (AvgIpc) is 3.24. The maximum absolute atomic E-state index is 12.2. The predicted molar refractivity (Wildman–Crippen MR) is 137 cm³/mol. The van der Waals surface area contributed by atoms with Crippen LogP contribution in [0.3, 0.4) is 0 Å². The van der Waals surface area contributed by atoms with Gasteiger partial charge in [0.05, 0.1) is 12.8 Å². The number of hydrogen-bond donors (Lipinski definition) is 2. The molecular formula is C24H22N8O2S2. The van der Waals surface area contributed by atoms with Crippen molar-refractivity contribution < 1.29 is 9.59 Å². The molecule has 0 spiro atoms. The van der Waals surface area contributed by atoms with Gasteiger partial charge >= 0.3 is 0 Å². The van der Waals surface area contributed by atoms with E-state index in [4.69, 9.17) is 0 Å². The minimum Gasteiger partial charge on any atom is -0.300 e. The summed E-state index contributed by atoms with van der Waals surface area (Å²) in [6.45, 7) is 4.21. The Morgan fingerprint density at radius 1 is 0.861 bits per heavy atom. The molecule has 2 amide bonds. The standard InChI is InChI=1S/C24H22N8O2S2/c1-14(22-30-32-24(36-22)28-20(34)13-17-7-3-5-9-26-17)18-10-15(18)11-21-29-31-23(35-21)27-19(33)12-16-6-2-4-8-25-16/h2-9,15,18H,1,10-13H2,(H,27,31,33)(H,28,32,34)/t15-,18-/m1/s1. The summed E-state index contributed by atoms with van der Waals surface area (Å²) in [5, 5.41) is 24.7. The molecule has 1 aliphatic carbocycles. The van der Waals surface area contributed by atoms with Gasteiger partial charge < -0.3 is 10.6 Å². The third-order valence-electron chi connectivity index (χ3n) is 5.60. The van der Waals surface area contributed by atoms with E-state index in [2.05, 4.69) is 47.6 Å². The first-order valence-corrected chi connectivity index (χ1v) is 12.9. The zero-order valence-electron chi connectivity index (χ0n) is 19.1. The number of aromatic nitrogens is 6. The van der Waals surface area contributed by atoms with Crippen LogP contribution in [0, 0.1) is 11.8 Å². The van der Waals surface area contributed by atoms with Crippen LogP contribution in [-0.4, -0.2) is 42.2 Å². The molecule has 4 aromatic heterocycles. The summed E-state index contributed by atoms with van der Waals surface area (Å²) < 4.78 is 0. The number of nitrogens with one attached hydrogen (secondary N) is 2. The number of anilines is 2. The van der Waals surface area contributed by atoms with Crippen LogP contribution in [0.1, 0.15) is 27.8 Å². The van der Waals surface area contributed by atoms with E-state index in [0.717, 1.165) is 28.4 Å². The van der Waals surface area contributed by atoms with Crippen molar-refractivity contribution in [1.82, 2.24) is 30.4 Å². The van der Waals surface area contributed by atoms with Crippen molar-refractivity contribution in [2.75, 3.05) is 10.6 Å². The normalized spacial score (nSPS) is 16.3. The number of pyridine rings is 2. The molecule has 2 atom stereocenters. The molecule has 4 heterocycles. The van der Waals surface area contributed by atoms with Crippen LogP contribution < -0.4 is 10.6 Å². The molecule has 1 fully saturated rings. The fourth-order valence-electron chi connectivity index (χ4n) is 3.73. The number of hydrogen-bond acceptors (Lipinski definition) is 10. The Kier molecular flexibility index (Phi) is 7.14. The van der Waals surface area contributed by atoms with E-state index >= 15 is 0 Å². The Bertz CT molecular complexity index is 1370. The van der Waals surface area contributed by atoms with Crippen LogP contribution in [0.2, 0.25) is 0 Å². The van der Waals surface area contributed by atoms with E-state index < -0.39 is 0 Å². The topological polar surface area (TPSA) is 136 Å². The fraction of sp³-hybridized carbons (Fsp3) is 0.250. The molecule has 36 heavy (non-hydrogen) atoms. The van der Waals surface area contributed by atoms with E-state index in [0.29, 0.717) is 27.6 Å². The Balaban J connectivity index is 1.09. The molecule has 2 N–H and O–H groups in total. The second kappa shape index (κ2) is 10.8. The highest BCUT2D eigenvalue weighted by Gasteiger charge is 2.41. The molecule has 4 aromatic rings. The third kappa shape index (κ3) is 6.20. The lowest BCUT2D eigenvalue weighted by Gasteiger charge is -2.01. The first-order chi connectivity index (χ1) is 17.5. The van der Waals surface area contributed by atoms with Gasteiger partial charge in [-0.05, 0) is 48.1 Å². The highest BCUT2D eigenvalue weighted by atomic mass is 32.1. The molecule has 0 saturated heterocycles. The van der Waals surface area contributed by atoms with E-state index in [-0.39, 0.29) is 30.6 Å². The largest absolute Gasteiger partial charge is 0.300 e. The zero-order chi connectivity index (χ0) is 24.9. The molecule has 0 radical (unpaired) electrons. The molecular weight excluding hydrogens is 496 g/mol. The van der Waals surface area contributed by atoms with Crippen molar-refractivity contribution >= 4 is 50.3 Å². The summed E-state index contributed by atoms with van der Waals surface area (Å²) in [6.07, 6.45) is 5.41. The van der Waals surface area contributed by atoms with Crippen LogP contribution in [0.5, 0.6) is 0 Å². The van der Waals surface area contributed by atoms with Crippen LogP contribution in [0.25, 0.3) is 5.57 Å². The SMILES string of the molecule is C=C(c1nnc(NC(=O)Cc2ccccn2)s1)[C@H]1C[C@@H]1Cc1nnc(NC(=O)Cc2ccccn2)s1. The van der Waals surface area contributed by atoms with Gasteiger partial charge in [0.25, 0.3) is 0 Å². The first kappa shape index (κ1) is 23.8. The molecule has 0 aliphatic heterocycles. The smallest absolute Gasteiger partial charge is 0.232 e. The Labute approximate surface area is 215 Å². The number of carbonyl (C=O) groups excluding carboxylic acids is 2. The van der Waals surface area contributed by atoms with Gasteiger partial charge in [-0.25, -0.2) is 0 Å². The van der Waals surface area contributed by atoms with Gasteiger partial charge in [0.15, 0.2) is 0 Å². The molecule has 1 saturated carbocycles. The highest BCUT2D eigenvalue weighted by Crippen LogP contribution is 2.50. The van der Waals surface area contributed by atoms with Gasteiger partial charge in [-0.3, -0.25) is 19.6 Å². The van der Waals surface area contributed by atoms with Crippen LogP contribution in [0.15, 0.2) is 55.4 Å². The first-order valence-electron chi connectivity index (χ1n) is 11.3. The number of carbonyl (C=O) groups is 2. The number of nitrogens with zero attached hydrogens (tertiary/aromatic N) is 6. The van der Waals surface area contributed by atoms with Gasteiger partial charge in [-0.15, -0.1) is 20.4 Å². The Morgan fingerprint density at radius 2 is 1.47 bits per heavy atom. The minimum atomic E-state index is -0.189. The monoisotopic (exact) mass is 518 g/mol. The maximum atomic E-state index is 12.2. The lowest BCUT2D eigenvalue weighted by Crippen LogP contribution is -2.14. The summed E-state index contributed by atoms with van der Waals surface area (Å²) in [4.78, 5) is 32.8.